The summed E-state index contributed by atoms with van der Waals surface area (Å²) < 4.78 is 0. The number of carbonyl (C=O) groups is 3. The van der Waals surface area contributed by atoms with Gasteiger partial charge in [-0.3, -0.25) is 4.79 Å². The van der Waals surface area contributed by atoms with Crippen LogP contribution in [0.2, 0.25) is 0 Å². The lowest BCUT2D eigenvalue weighted by molar-refractivity contribution is -0.127. The second-order valence-corrected chi connectivity index (χ2v) is 3.61. The quantitative estimate of drug-likeness (QED) is 0.624. The van der Waals surface area contributed by atoms with E-state index in [1.165, 1.54) is 4.90 Å². The van der Waals surface area contributed by atoms with Crippen molar-refractivity contribution in [1.82, 2.24) is 14.7 Å². The Morgan fingerprint density at radius 1 is 1.44 bits per heavy atom. The summed E-state index contributed by atoms with van der Waals surface area (Å²) in [5, 5.41) is 8.81. The van der Waals surface area contributed by atoms with E-state index in [1.807, 2.05) is 0 Å². The van der Waals surface area contributed by atoms with E-state index >= 15 is 0 Å². The van der Waals surface area contributed by atoms with Gasteiger partial charge in [0.2, 0.25) is 0 Å². The third-order valence-corrected chi connectivity index (χ3v) is 2.81. The summed E-state index contributed by atoms with van der Waals surface area (Å²) in [7, 11) is 0. The van der Waals surface area contributed by atoms with Gasteiger partial charge in [-0.05, 0) is 0 Å². The number of imide groups is 1. The molecule has 7 heteroatoms. The molecule has 0 aromatic rings. The fourth-order valence-electron chi connectivity index (χ4n) is 1.96. The largest absolute Gasteiger partial charge is 0.465 e. The number of hydrogen-bond donors (Lipinski definition) is 1. The summed E-state index contributed by atoms with van der Waals surface area (Å²) in [6.45, 7) is 3.89. The second-order valence-electron chi connectivity index (χ2n) is 3.61. The summed E-state index contributed by atoms with van der Waals surface area (Å²) in [5.74, 6) is -0.411. The molecule has 2 rings (SSSR count). The number of fused-ring (bicyclic) bond motifs is 1. The summed E-state index contributed by atoms with van der Waals surface area (Å²) in [5.41, 5.74) is 0. The molecule has 0 bridgehead atoms. The van der Waals surface area contributed by atoms with Gasteiger partial charge in [0.25, 0.3) is 5.91 Å². The maximum atomic E-state index is 11.7. The van der Waals surface area contributed by atoms with E-state index in [-0.39, 0.29) is 19.6 Å². The van der Waals surface area contributed by atoms with Crippen molar-refractivity contribution in [1.29, 1.82) is 0 Å². The van der Waals surface area contributed by atoms with Crippen LogP contribution in [0.5, 0.6) is 0 Å². The fraction of sp³-hybridized carbons (Fsp3) is 0.444. The van der Waals surface area contributed by atoms with Crippen molar-refractivity contribution in [2.24, 2.45) is 0 Å². The van der Waals surface area contributed by atoms with Crippen molar-refractivity contribution in [3.05, 3.63) is 12.8 Å². The summed E-state index contributed by atoms with van der Waals surface area (Å²) in [6, 6.07) is -1.12. The number of carboxylic acid groups (broad SMARTS) is 1. The molecule has 0 saturated carbocycles. The number of carbonyl (C=O) groups excluding carboxylic acids is 2. The molecular weight excluding hydrogens is 214 g/mol. The zero-order valence-electron chi connectivity index (χ0n) is 8.50. The summed E-state index contributed by atoms with van der Waals surface area (Å²) >= 11 is 0. The fourth-order valence-corrected chi connectivity index (χ4v) is 1.96. The molecular formula is C9H11N3O4. The zero-order valence-corrected chi connectivity index (χ0v) is 8.50. The van der Waals surface area contributed by atoms with Crippen LogP contribution in [-0.2, 0) is 4.79 Å². The Kier molecular flexibility index (Phi) is 2.30. The average molecular weight is 225 g/mol. The Morgan fingerprint density at radius 3 is 2.69 bits per heavy atom. The molecule has 7 nitrogen and oxygen atoms in total. The van der Waals surface area contributed by atoms with E-state index in [2.05, 4.69) is 6.58 Å². The van der Waals surface area contributed by atoms with Crippen LogP contribution in [-0.4, -0.2) is 63.5 Å². The zero-order chi connectivity index (χ0) is 11.9. The van der Waals surface area contributed by atoms with Crippen LogP contribution < -0.4 is 0 Å². The third kappa shape index (κ3) is 1.32. The van der Waals surface area contributed by atoms with Gasteiger partial charge in [-0.25, -0.2) is 14.5 Å². The van der Waals surface area contributed by atoms with Gasteiger partial charge in [0.05, 0.1) is 6.54 Å². The molecule has 4 amide bonds. The van der Waals surface area contributed by atoms with Crippen molar-refractivity contribution in [2.45, 2.75) is 6.04 Å². The average Bonchev–Trinajstić information content (AvgIpc) is 2.51. The smallest absolute Gasteiger partial charge is 0.407 e. The first-order valence-electron chi connectivity index (χ1n) is 4.80. The topological polar surface area (TPSA) is 81.2 Å². The molecule has 2 heterocycles. The molecule has 1 N–H and O–H groups in total. The highest BCUT2D eigenvalue weighted by molar-refractivity contribution is 6.05. The van der Waals surface area contributed by atoms with E-state index in [0.717, 1.165) is 16.0 Å². The van der Waals surface area contributed by atoms with E-state index in [4.69, 9.17) is 5.11 Å². The first kappa shape index (κ1) is 10.5. The molecule has 16 heavy (non-hydrogen) atoms. The predicted molar refractivity (Wildman–Crippen MR) is 52.5 cm³/mol. The number of rotatable bonds is 1. The highest BCUT2D eigenvalue weighted by Crippen LogP contribution is 2.21. The molecule has 0 aromatic heterocycles. The Bertz CT molecular complexity index is 381. The SMILES string of the molecule is C=CN1C(=O)[C@@H]2CN(C(=O)O)CCN2C1=O. The minimum atomic E-state index is -1.07. The Balaban J connectivity index is 2.21. The van der Waals surface area contributed by atoms with Crippen LogP contribution in [0.1, 0.15) is 0 Å². The van der Waals surface area contributed by atoms with Crippen molar-refractivity contribution in [3.63, 3.8) is 0 Å². The molecule has 86 valence electrons. The normalized spacial score (nSPS) is 24.8. The maximum Gasteiger partial charge on any atom is 0.407 e. The van der Waals surface area contributed by atoms with Crippen molar-refractivity contribution < 1.29 is 19.5 Å². The Hall–Kier alpha value is -2.05. The molecule has 1 atom stereocenters. The Labute approximate surface area is 91.5 Å². The molecule has 0 unspecified atom stereocenters. The van der Waals surface area contributed by atoms with Crippen LogP contribution in [0.3, 0.4) is 0 Å². The van der Waals surface area contributed by atoms with Crippen LogP contribution in [0, 0.1) is 0 Å². The first-order valence-corrected chi connectivity index (χ1v) is 4.80. The van der Waals surface area contributed by atoms with Crippen molar-refractivity contribution >= 4 is 18.0 Å². The second kappa shape index (κ2) is 3.51. The first-order chi connectivity index (χ1) is 7.56. The molecule has 0 spiro atoms. The highest BCUT2D eigenvalue weighted by atomic mass is 16.4. The molecule has 2 fully saturated rings. The molecule has 2 saturated heterocycles. The summed E-state index contributed by atoms with van der Waals surface area (Å²) in [4.78, 5) is 37.6. The van der Waals surface area contributed by atoms with Crippen LogP contribution in [0.15, 0.2) is 12.8 Å². The van der Waals surface area contributed by atoms with Gasteiger partial charge in [0, 0.05) is 19.3 Å². The standard InChI is InChI=1S/C9H11N3O4/c1-2-11-7(13)6-5-10(9(15)16)3-4-12(6)8(11)14/h2,6H,1,3-5H2,(H,15,16)/t6-/m0/s1. The number of hydrogen-bond acceptors (Lipinski definition) is 3. The monoisotopic (exact) mass is 225 g/mol. The molecule has 2 aliphatic heterocycles. The minimum Gasteiger partial charge on any atom is -0.465 e. The van der Waals surface area contributed by atoms with Crippen molar-refractivity contribution in [3.8, 4) is 0 Å². The Morgan fingerprint density at radius 2 is 2.12 bits per heavy atom. The van der Waals surface area contributed by atoms with Crippen molar-refractivity contribution in [2.75, 3.05) is 19.6 Å². The van der Waals surface area contributed by atoms with Crippen LogP contribution in [0.25, 0.3) is 0 Å². The molecule has 2 aliphatic rings. The van der Waals surface area contributed by atoms with Crippen LogP contribution in [0.4, 0.5) is 9.59 Å². The van der Waals surface area contributed by atoms with Gasteiger partial charge in [-0.2, -0.15) is 0 Å². The summed E-state index contributed by atoms with van der Waals surface area (Å²) in [6.07, 6.45) is 0.0885. The predicted octanol–water partition coefficient (Wildman–Crippen LogP) is -0.244. The third-order valence-electron chi connectivity index (χ3n) is 2.81. The van der Waals surface area contributed by atoms with E-state index in [9.17, 15) is 14.4 Å². The maximum absolute atomic E-state index is 11.7. The van der Waals surface area contributed by atoms with Gasteiger partial charge < -0.3 is 14.9 Å². The van der Waals surface area contributed by atoms with Gasteiger partial charge >= 0.3 is 12.1 Å². The minimum absolute atomic E-state index is 0.0320. The lowest BCUT2D eigenvalue weighted by Crippen LogP contribution is -2.54. The van der Waals surface area contributed by atoms with E-state index in [0.29, 0.717) is 0 Å². The van der Waals surface area contributed by atoms with Gasteiger partial charge in [0.1, 0.15) is 6.04 Å². The van der Waals surface area contributed by atoms with Gasteiger partial charge in [0.15, 0.2) is 0 Å². The van der Waals surface area contributed by atoms with E-state index in [1.54, 1.807) is 0 Å². The molecule has 0 aliphatic carbocycles. The number of urea groups is 1. The van der Waals surface area contributed by atoms with Crippen LogP contribution >= 0.6 is 0 Å². The van der Waals surface area contributed by atoms with E-state index < -0.39 is 24.1 Å². The number of amides is 4. The van der Waals surface area contributed by atoms with Gasteiger partial charge in [-0.1, -0.05) is 6.58 Å². The molecule has 0 aromatic carbocycles. The molecule has 0 radical (unpaired) electrons. The van der Waals surface area contributed by atoms with Gasteiger partial charge in [-0.15, -0.1) is 0 Å². The lowest BCUT2D eigenvalue weighted by atomic mass is 10.2. The lowest BCUT2D eigenvalue weighted by Gasteiger charge is -2.33. The highest BCUT2D eigenvalue weighted by Gasteiger charge is 2.47. The number of nitrogens with zero attached hydrogens (tertiary/aromatic N) is 3. The number of piperazine rings is 1.